The summed E-state index contributed by atoms with van der Waals surface area (Å²) < 4.78 is 0.825. The molecule has 0 aliphatic heterocycles. The first-order chi connectivity index (χ1) is 7.17. The molecule has 1 nitrogen and oxygen atoms in total. The van der Waals surface area contributed by atoms with E-state index in [9.17, 15) is 0 Å². The zero-order valence-corrected chi connectivity index (χ0v) is 10.7. The molecule has 15 heavy (non-hydrogen) atoms. The third kappa shape index (κ3) is 3.87. The van der Waals surface area contributed by atoms with Crippen LogP contribution in [-0.2, 0) is 0 Å². The minimum atomic E-state index is 0.158. The van der Waals surface area contributed by atoms with Gasteiger partial charge in [0.25, 0.3) is 0 Å². The van der Waals surface area contributed by atoms with E-state index in [1.165, 1.54) is 4.88 Å². The highest BCUT2D eigenvalue weighted by Crippen LogP contribution is 2.26. The van der Waals surface area contributed by atoms with Crippen LogP contribution in [-0.4, -0.2) is 6.04 Å². The van der Waals surface area contributed by atoms with E-state index in [1.807, 2.05) is 12.1 Å². The number of terminal acetylenes is 1. The van der Waals surface area contributed by atoms with Gasteiger partial charge in [-0.1, -0.05) is 30.9 Å². The van der Waals surface area contributed by atoms with E-state index >= 15 is 0 Å². The maximum atomic E-state index is 5.89. The van der Waals surface area contributed by atoms with Crippen molar-refractivity contribution in [3.05, 3.63) is 21.3 Å². The van der Waals surface area contributed by atoms with Crippen molar-refractivity contribution < 1.29 is 0 Å². The van der Waals surface area contributed by atoms with Gasteiger partial charge in [0, 0.05) is 10.9 Å². The summed E-state index contributed by atoms with van der Waals surface area (Å²) in [5.41, 5.74) is 0. The minimum Gasteiger partial charge on any atom is -0.296 e. The van der Waals surface area contributed by atoms with Crippen LogP contribution in [0.4, 0.5) is 0 Å². The van der Waals surface area contributed by atoms with Crippen LogP contribution in [0.15, 0.2) is 12.1 Å². The molecule has 1 heterocycles. The summed E-state index contributed by atoms with van der Waals surface area (Å²) in [6.07, 6.45) is 7.57. The Morgan fingerprint density at radius 1 is 1.60 bits per heavy atom. The van der Waals surface area contributed by atoms with Gasteiger partial charge in [0.15, 0.2) is 0 Å². The standard InChI is InChI=1S/C12H16ClNS/c1-4-6-10(5-2)14-9(3)11-7-8-12(13)15-11/h2,7-10,14H,4,6H2,1,3H3. The average Bonchev–Trinajstić information content (AvgIpc) is 2.64. The fourth-order valence-corrected chi connectivity index (χ4v) is 2.52. The molecular formula is C12H16ClNS. The molecular weight excluding hydrogens is 226 g/mol. The molecule has 0 aliphatic rings. The van der Waals surface area contributed by atoms with E-state index in [4.69, 9.17) is 18.0 Å². The van der Waals surface area contributed by atoms with Gasteiger partial charge in [0.05, 0.1) is 10.4 Å². The van der Waals surface area contributed by atoms with Gasteiger partial charge < -0.3 is 0 Å². The Morgan fingerprint density at radius 3 is 2.80 bits per heavy atom. The van der Waals surface area contributed by atoms with Gasteiger partial charge in [-0.3, -0.25) is 5.32 Å². The second kappa shape index (κ2) is 6.17. The first kappa shape index (κ1) is 12.6. The maximum absolute atomic E-state index is 5.89. The summed E-state index contributed by atoms with van der Waals surface area (Å²) in [6, 6.07) is 4.40. The Balaban J connectivity index is 2.55. The number of halogens is 1. The van der Waals surface area contributed by atoms with Gasteiger partial charge in [0.2, 0.25) is 0 Å². The highest BCUT2D eigenvalue weighted by atomic mass is 35.5. The van der Waals surface area contributed by atoms with E-state index in [1.54, 1.807) is 11.3 Å². The van der Waals surface area contributed by atoms with Crippen molar-refractivity contribution in [3.8, 4) is 12.3 Å². The van der Waals surface area contributed by atoms with Gasteiger partial charge in [-0.05, 0) is 25.5 Å². The first-order valence-corrected chi connectivity index (χ1v) is 6.34. The summed E-state index contributed by atoms with van der Waals surface area (Å²) in [6.45, 7) is 4.25. The maximum Gasteiger partial charge on any atom is 0.0931 e. The monoisotopic (exact) mass is 241 g/mol. The second-order valence-corrected chi connectivity index (χ2v) is 5.28. The lowest BCUT2D eigenvalue weighted by atomic mass is 10.1. The molecule has 0 aliphatic carbocycles. The first-order valence-electron chi connectivity index (χ1n) is 5.14. The molecule has 0 saturated heterocycles. The fraction of sp³-hybridized carbons (Fsp3) is 0.500. The third-order valence-corrected chi connectivity index (χ3v) is 3.66. The average molecular weight is 242 g/mol. The predicted octanol–water partition coefficient (Wildman–Crippen LogP) is 3.85. The molecule has 2 unspecified atom stereocenters. The Hall–Kier alpha value is -0.490. The number of rotatable bonds is 5. The molecule has 1 rings (SSSR count). The SMILES string of the molecule is C#CC(CCC)NC(C)c1ccc(Cl)s1. The molecule has 0 fully saturated rings. The highest BCUT2D eigenvalue weighted by Gasteiger charge is 2.11. The van der Waals surface area contributed by atoms with Gasteiger partial charge in [-0.25, -0.2) is 0 Å². The Bertz CT molecular complexity index is 340. The zero-order valence-electron chi connectivity index (χ0n) is 9.09. The van der Waals surface area contributed by atoms with E-state index in [2.05, 4.69) is 25.1 Å². The van der Waals surface area contributed by atoms with E-state index in [-0.39, 0.29) is 12.1 Å². The summed E-state index contributed by atoms with van der Waals surface area (Å²) >= 11 is 7.49. The molecule has 82 valence electrons. The summed E-state index contributed by atoms with van der Waals surface area (Å²) in [5, 5.41) is 3.41. The molecule has 0 radical (unpaired) electrons. The Kier molecular flexibility index (Phi) is 5.17. The van der Waals surface area contributed by atoms with Crippen LogP contribution in [0.3, 0.4) is 0 Å². The molecule has 0 bridgehead atoms. The Labute approximate surface area is 101 Å². The zero-order chi connectivity index (χ0) is 11.3. The van der Waals surface area contributed by atoms with E-state index in [0.717, 1.165) is 17.2 Å². The molecule has 2 atom stereocenters. The number of thiophene rings is 1. The number of nitrogens with one attached hydrogen (secondary N) is 1. The largest absolute Gasteiger partial charge is 0.296 e. The second-order valence-electron chi connectivity index (χ2n) is 3.54. The van der Waals surface area contributed by atoms with Crippen molar-refractivity contribution in [1.29, 1.82) is 0 Å². The highest BCUT2D eigenvalue weighted by molar-refractivity contribution is 7.16. The molecule has 0 saturated carbocycles. The quantitative estimate of drug-likeness (QED) is 0.773. The van der Waals surface area contributed by atoms with Crippen molar-refractivity contribution >= 4 is 22.9 Å². The van der Waals surface area contributed by atoms with Crippen LogP contribution in [0, 0.1) is 12.3 Å². The summed E-state index contributed by atoms with van der Waals surface area (Å²) in [4.78, 5) is 1.23. The van der Waals surface area contributed by atoms with Gasteiger partial charge in [-0.15, -0.1) is 17.8 Å². The molecule has 1 aromatic rings. The minimum absolute atomic E-state index is 0.158. The fourth-order valence-electron chi connectivity index (χ4n) is 1.45. The molecule has 1 N–H and O–H groups in total. The summed E-state index contributed by atoms with van der Waals surface area (Å²) in [5.74, 6) is 2.77. The van der Waals surface area contributed by atoms with Crippen LogP contribution in [0.2, 0.25) is 4.34 Å². The molecule has 0 aromatic carbocycles. The van der Waals surface area contributed by atoms with Crippen molar-refractivity contribution in [1.82, 2.24) is 5.32 Å². The van der Waals surface area contributed by atoms with Crippen LogP contribution in [0.5, 0.6) is 0 Å². The van der Waals surface area contributed by atoms with Crippen LogP contribution in [0.1, 0.15) is 37.6 Å². The number of hydrogen-bond acceptors (Lipinski definition) is 2. The molecule has 3 heteroatoms. The lowest BCUT2D eigenvalue weighted by molar-refractivity contribution is 0.500. The topological polar surface area (TPSA) is 12.0 Å². The van der Waals surface area contributed by atoms with Crippen LogP contribution < -0.4 is 5.32 Å². The predicted molar refractivity (Wildman–Crippen MR) is 68.4 cm³/mol. The number of hydrogen-bond donors (Lipinski definition) is 1. The van der Waals surface area contributed by atoms with E-state index in [0.29, 0.717) is 0 Å². The summed E-state index contributed by atoms with van der Waals surface area (Å²) in [7, 11) is 0. The van der Waals surface area contributed by atoms with Crippen molar-refractivity contribution in [2.45, 2.75) is 38.8 Å². The van der Waals surface area contributed by atoms with Crippen molar-refractivity contribution in [2.75, 3.05) is 0 Å². The molecule has 1 aromatic heterocycles. The molecule has 0 amide bonds. The normalized spacial score (nSPS) is 14.5. The van der Waals surface area contributed by atoms with Crippen LogP contribution >= 0.6 is 22.9 Å². The van der Waals surface area contributed by atoms with Crippen molar-refractivity contribution in [3.63, 3.8) is 0 Å². The third-order valence-electron chi connectivity index (χ3n) is 2.25. The van der Waals surface area contributed by atoms with Crippen LogP contribution in [0.25, 0.3) is 0 Å². The smallest absolute Gasteiger partial charge is 0.0931 e. The lowest BCUT2D eigenvalue weighted by Crippen LogP contribution is -2.29. The van der Waals surface area contributed by atoms with Gasteiger partial charge >= 0.3 is 0 Å². The Morgan fingerprint density at radius 2 is 2.33 bits per heavy atom. The lowest BCUT2D eigenvalue weighted by Gasteiger charge is -2.17. The van der Waals surface area contributed by atoms with Gasteiger partial charge in [-0.2, -0.15) is 0 Å². The van der Waals surface area contributed by atoms with Gasteiger partial charge in [0.1, 0.15) is 0 Å². The van der Waals surface area contributed by atoms with E-state index < -0.39 is 0 Å². The van der Waals surface area contributed by atoms with Crippen molar-refractivity contribution in [2.24, 2.45) is 0 Å². The molecule has 0 spiro atoms.